The van der Waals surface area contributed by atoms with E-state index in [9.17, 15) is 9.59 Å². The van der Waals surface area contributed by atoms with Gasteiger partial charge < -0.3 is 21.1 Å². The van der Waals surface area contributed by atoms with Gasteiger partial charge in [-0.15, -0.1) is 5.10 Å². The second kappa shape index (κ2) is 11.5. The fourth-order valence-electron chi connectivity index (χ4n) is 4.77. The Hall–Kier alpha value is -3.76. The predicted molar refractivity (Wildman–Crippen MR) is 140 cm³/mol. The molecule has 4 rings (SSSR count). The minimum atomic E-state index is -0.679. The minimum absolute atomic E-state index is 0.0889. The van der Waals surface area contributed by atoms with Gasteiger partial charge in [-0.3, -0.25) is 19.3 Å². The number of aliphatic imine (C=N–C) groups is 1. The first-order chi connectivity index (χ1) is 17.8. The average molecular weight is 509 g/mol. The zero-order valence-electron chi connectivity index (χ0n) is 21.8. The van der Waals surface area contributed by atoms with Crippen molar-refractivity contribution < 1.29 is 14.3 Å². The maximum Gasteiger partial charge on any atom is 0.270 e. The molecule has 2 aliphatic carbocycles. The fourth-order valence-corrected chi connectivity index (χ4v) is 4.77. The van der Waals surface area contributed by atoms with Gasteiger partial charge in [0.2, 0.25) is 11.8 Å². The van der Waals surface area contributed by atoms with Crippen molar-refractivity contribution in [2.24, 2.45) is 28.5 Å². The molecule has 0 radical (unpaired) electrons. The highest BCUT2D eigenvalue weighted by molar-refractivity contribution is 6.43. The number of amides is 2. The molecule has 2 aliphatic rings. The Balaban J connectivity index is 1.53. The Morgan fingerprint density at radius 2 is 1.92 bits per heavy atom. The third-order valence-corrected chi connectivity index (χ3v) is 6.80. The number of nitrogens with one attached hydrogen (secondary N) is 2. The Bertz CT molecular complexity index is 1150. The van der Waals surface area contributed by atoms with Crippen molar-refractivity contribution in [1.82, 2.24) is 25.3 Å². The highest BCUT2D eigenvalue weighted by atomic mass is 16.5. The minimum Gasteiger partial charge on any atom is -0.480 e. The zero-order valence-corrected chi connectivity index (χ0v) is 21.8. The van der Waals surface area contributed by atoms with Crippen molar-refractivity contribution in [2.45, 2.75) is 64.6 Å². The molecule has 2 unspecified atom stereocenters. The molecule has 2 aromatic heterocycles. The summed E-state index contributed by atoms with van der Waals surface area (Å²) in [5, 5.41) is 18.3. The Morgan fingerprint density at radius 1 is 1.22 bits per heavy atom. The monoisotopic (exact) mass is 508 g/mol. The number of anilines is 1. The lowest BCUT2D eigenvalue weighted by Gasteiger charge is -2.27. The lowest BCUT2D eigenvalue weighted by molar-refractivity contribution is -0.124. The van der Waals surface area contributed by atoms with E-state index in [-0.39, 0.29) is 29.6 Å². The third kappa shape index (κ3) is 6.52. The number of hydrogen-bond acceptors (Lipinski definition) is 8. The first-order valence-corrected chi connectivity index (χ1v) is 12.8. The molecule has 2 saturated carbocycles. The molecule has 0 aromatic carbocycles. The number of ether oxygens (including phenoxy) is 1. The fraction of sp³-hybridized carbons (Fsp3) is 0.538. The van der Waals surface area contributed by atoms with Crippen LogP contribution in [-0.2, 0) is 9.59 Å². The third-order valence-electron chi connectivity index (χ3n) is 6.80. The molecular formula is C26H36N8O3. The molecule has 37 heavy (non-hydrogen) atoms. The van der Waals surface area contributed by atoms with E-state index in [0.29, 0.717) is 23.4 Å². The number of methoxy groups -OCH3 is 1. The van der Waals surface area contributed by atoms with Gasteiger partial charge in [0.05, 0.1) is 31.2 Å². The molecule has 198 valence electrons. The maximum absolute atomic E-state index is 13.6. The van der Waals surface area contributed by atoms with Crippen LogP contribution >= 0.6 is 0 Å². The Morgan fingerprint density at radius 3 is 2.51 bits per heavy atom. The van der Waals surface area contributed by atoms with Crippen molar-refractivity contribution >= 4 is 23.2 Å². The van der Waals surface area contributed by atoms with E-state index < -0.39 is 11.9 Å². The SMILES string of the molecule is COc1nnccc1C(C)n1cc(NC(=O)C(NC(=O)C(C=CN)=NC(C)C)C(C2CC2)C2CC2)cn1. The van der Waals surface area contributed by atoms with Crippen LogP contribution in [0.25, 0.3) is 0 Å². The first-order valence-electron chi connectivity index (χ1n) is 12.8. The van der Waals surface area contributed by atoms with Gasteiger partial charge in [-0.1, -0.05) is 0 Å². The molecule has 4 N–H and O–H groups in total. The van der Waals surface area contributed by atoms with Gasteiger partial charge in [-0.2, -0.15) is 10.2 Å². The Kier molecular flexibility index (Phi) is 8.20. The topological polar surface area (TPSA) is 149 Å². The summed E-state index contributed by atoms with van der Waals surface area (Å²) in [6, 6.07) is 0.856. The van der Waals surface area contributed by atoms with Crippen molar-refractivity contribution in [2.75, 3.05) is 12.4 Å². The summed E-state index contributed by atoms with van der Waals surface area (Å²) in [6.07, 6.45) is 12.0. The van der Waals surface area contributed by atoms with Crippen LogP contribution in [0.1, 0.15) is 58.1 Å². The summed E-state index contributed by atoms with van der Waals surface area (Å²) in [7, 11) is 1.54. The number of aromatic nitrogens is 4. The smallest absolute Gasteiger partial charge is 0.270 e. The summed E-state index contributed by atoms with van der Waals surface area (Å²) >= 11 is 0. The van der Waals surface area contributed by atoms with Crippen LogP contribution in [0.2, 0.25) is 0 Å². The highest BCUT2D eigenvalue weighted by Crippen LogP contribution is 2.50. The van der Waals surface area contributed by atoms with E-state index in [1.54, 1.807) is 30.4 Å². The molecule has 0 spiro atoms. The first kappa shape index (κ1) is 26.3. The normalized spacial score (nSPS) is 17.7. The number of carbonyl (C=O) groups is 2. The van der Waals surface area contributed by atoms with Crippen molar-refractivity contribution in [3.05, 3.63) is 42.5 Å². The van der Waals surface area contributed by atoms with Gasteiger partial charge in [0.15, 0.2) is 0 Å². The summed E-state index contributed by atoms with van der Waals surface area (Å²) in [5.74, 6) is 0.728. The highest BCUT2D eigenvalue weighted by Gasteiger charge is 2.48. The van der Waals surface area contributed by atoms with Crippen LogP contribution in [0.15, 0.2) is 41.9 Å². The number of hydrogen-bond donors (Lipinski definition) is 3. The molecule has 0 saturated heterocycles. The van der Waals surface area contributed by atoms with Gasteiger partial charge in [-0.05, 0) is 82.6 Å². The molecule has 2 heterocycles. The predicted octanol–water partition coefficient (Wildman–Crippen LogP) is 2.47. The number of rotatable bonds is 12. The van der Waals surface area contributed by atoms with E-state index in [1.165, 1.54) is 12.3 Å². The van der Waals surface area contributed by atoms with Crippen LogP contribution in [0, 0.1) is 17.8 Å². The van der Waals surface area contributed by atoms with Crippen LogP contribution in [0.5, 0.6) is 5.88 Å². The van der Waals surface area contributed by atoms with Crippen LogP contribution in [0.4, 0.5) is 5.69 Å². The zero-order chi connectivity index (χ0) is 26.5. The average Bonchev–Trinajstić information content (AvgIpc) is 3.82. The largest absolute Gasteiger partial charge is 0.480 e. The van der Waals surface area contributed by atoms with Crippen molar-refractivity contribution in [3.8, 4) is 5.88 Å². The van der Waals surface area contributed by atoms with Crippen molar-refractivity contribution in [3.63, 3.8) is 0 Å². The van der Waals surface area contributed by atoms with E-state index in [2.05, 4.69) is 30.9 Å². The van der Waals surface area contributed by atoms with Crippen LogP contribution in [0.3, 0.4) is 0 Å². The number of carbonyl (C=O) groups excluding carboxylic acids is 2. The van der Waals surface area contributed by atoms with Gasteiger partial charge in [-0.25, -0.2) is 0 Å². The van der Waals surface area contributed by atoms with Crippen LogP contribution < -0.4 is 21.1 Å². The van der Waals surface area contributed by atoms with E-state index in [0.717, 1.165) is 31.2 Å². The number of nitrogens with two attached hydrogens (primary N) is 1. The van der Waals surface area contributed by atoms with Crippen molar-refractivity contribution in [1.29, 1.82) is 0 Å². The lowest BCUT2D eigenvalue weighted by atomic mass is 9.88. The van der Waals surface area contributed by atoms with Crippen LogP contribution in [-0.4, -0.2) is 56.7 Å². The molecule has 0 aliphatic heterocycles. The summed E-state index contributed by atoms with van der Waals surface area (Å²) in [6.45, 7) is 5.72. The molecule has 2 aromatic rings. The van der Waals surface area contributed by atoms with E-state index in [1.807, 2.05) is 26.8 Å². The summed E-state index contributed by atoms with van der Waals surface area (Å²) < 4.78 is 7.05. The second-order valence-electron chi connectivity index (χ2n) is 10.0. The quantitative estimate of drug-likeness (QED) is 0.373. The summed E-state index contributed by atoms with van der Waals surface area (Å²) in [4.78, 5) is 31.2. The van der Waals surface area contributed by atoms with E-state index >= 15 is 0 Å². The van der Waals surface area contributed by atoms with Gasteiger partial charge in [0, 0.05) is 17.8 Å². The maximum atomic E-state index is 13.6. The van der Waals surface area contributed by atoms with Gasteiger partial charge in [0.25, 0.3) is 5.91 Å². The number of nitrogens with zero attached hydrogens (tertiary/aromatic N) is 5. The summed E-state index contributed by atoms with van der Waals surface area (Å²) in [5.41, 5.74) is 7.12. The molecule has 2 atom stereocenters. The Labute approximate surface area is 217 Å². The standard InChI is InChI=1S/C26H36N8O3/c1-15(2)30-21(9-11-27)24(35)32-23(22(17-5-6-17)18-7-8-18)25(36)31-19-13-29-34(14-19)16(3)20-10-12-28-33-26(20)37-4/h9-18,22-23H,5-8,27H2,1-4H3,(H,31,36)(H,32,35). The lowest BCUT2D eigenvalue weighted by Crippen LogP contribution is -2.51. The molecule has 2 amide bonds. The second-order valence-corrected chi connectivity index (χ2v) is 10.0. The van der Waals surface area contributed by atoms with Gasteiger partial charge in [0.1, 0.15) is 11.8 Å². The van der Waals surface area contributed by atoms with Gasteiger partial charge >= 0.3 is 0 Å². The molecule has 11 heteroatoms. The molecule has 11 nitrogen and oxygen atoms in total. The molecule has 0 bridgehead atoms. The molecular weight excluding hydrogens is 472 g/mol. The molecule has 2 fully saturated rings. The van der Waals surface area contributed by atoms with E-state index in [4.69, 9.17) is 10.5 Å².